The zero-order chi connectivity index (χ0) is 29.6. The van der Waals surface area contributed by atoms with Gasteiger partial charge in [0.1, 0.15) is 17.1 Å². The molecule has 1 saturated carbocycles. The lowest BCUT2D eigenvalue weighted by Crippen LogP contribution is -2.70. The zero-order valence-corrected chi connectivity index (χ0v) is 21.2. The number of carbonyl (C=O) groups is 3. The van der Waals surface area contributed by atoms with Crippen LogP contribution in [0.4, 0.5) is 13.2 Å². The summed E-state index contributed by atoms with van der Waals surface area (Å²) in [7, 11) is -3.53. The molecule has 1 aromatic rings. The van der Waals surface area contributed by atoms with Gasteiger partial charge in [-0.1, -0.05) is 19.1 Å². The maximum atomic E-state index is 13.8. The zero-order valence-electron chi connectivity index (χ0n) is 20.4. The fraction of sp³-hybridized carbons (Fsp3) is 0.435. The van der Waals surface area contributed by atoms with E-state index in [1.807, 2.05) is 0 Å². The summed E-state index contributed by atoms with van der Waals surface area (Å²) in [6.45, 7) is 1.40. The molecule has 0 spiro atoms. The fourth-order valence-electron chi connectivity index (χ4n) is 5.80. The number of hydrogen-bond donors (Lipinski definition) is 5. The van der Waals surface area contributed by atoms with Gasteiger partial charge in [0.2, 0.25) is 5.78 Å². The molecule has 0 aliphatic heterocycles. The van der Waals surface area contributed by atoms with Crippen LogP contribution in [0, 0.1) is 11.8 Å². The van der Waals surface area contributed by atoms with Gasteiger partial charge in [-0.25, -0.2) is 0 Å². The number of alkyl halides is 3. The van der Waals surface area contributed by atoms with E-state index < -0.39 is 103 Å². The molecule has 0 aromatic heterocycles. The first-order chi connectivity index (χ1) is 17.8. The van der Waals surface area contributed by atoms with Gasteiger partial charge in [-0.15, -0.1) is 0 Å². The van der Waals surface area contributed by atoms with Gasteiger partial charge >= 0.3 is 15.6 Å². The predicted molar refractivity (Wildman–Crippen MR) is 124 cm³/mol. The van der Waals surface area contributed by atoms with Gasteiger partial charge in [-0.05, 0) is 31.6 Å². The van der Waals surface area contributed by atoms with Gasteiger partial charge in [0, 0.05) is 11.5 Å². The number of hydrogen-bond acceptors (Lipinski definition) is 11. The van der Waals surface area contributed by atoms with E-state index in [1.54, 1.807) is 0 Å². The highest BCUT2D eigenvalue weighted by atomic mass is 32.2. The van der Waals surface area contributed by atoms with Crippen molar-refractivity contribution in [2.24, 2.45) is 17.6 Å². The van der Waals surface area contributed by atoms with Crippen LogP contribution in [0.3, 0.4) is 0 Å². The first kappa shape index (κ1) is 28.5. The van der Waals surface area contributed by atoms with Gasteiger partial charge in [0.25, 0.3) is 5.91 Å². The summed E-state index contributed by atoms with van der Waals surface area (Å²) in [4.78, 5) is 40.2. The molecule has 4 rings (SSSR count). The lowest BCUT2D eigenvalue weighted by Gasteiger charge is -2.53. The van der Waals surface area contributed by atoms with E-state index >= 15 is 0 Å². The van der Waals surface area contributed by atoms with Gasteiger partial charge < -0.3 is 30.3 Å². The molecule has 12 nitrogen and oxygen atoms in total. The Morgan fingerprint density at radius 3 is 2.28 bits per heavy atom. The number of aliphatic hydroxyl groups excluding tert-OH is 3. The first-order valence-electron chi connectivity index (χ1n) is 11.3. The molecule has 16 heteroatoms. The fourth-order valence-corrected chi connectivity index (χ4v) is 6.27. The number of halogens is 3. The van der Waals surface area contributed by atoms with Gasteiger partial charge in [0.15, 0.2) is 17.1 Å². The third kappa shape index (κ3) is 3.76. The monoisotopic (exact) mass is 576 g/mol. The van der Waals surface area contributed by atoms with E-state index in [-0.39, 0.29) is 5.56 Å². The summed E-state index contributed by atoms with van der Waals surface area (Å²) < 4.78 is 66.7. The van der Waals surface area contributed by atoms with Crippen LogP contribution in [0.15, 0.2) is 35.1 Å². The molecule has 0 heterocycles. The van der Waals surface area contributed by atoms with Crippen LogP contribution in [0.2, 0.25) is 0 Å². The van der Waals surface area contributed by atoms with Crippen molar-refractivity contribution < 1.29 is 60.6 Å². The Morgan fingerprint density at radius 2 is 1.77 bits per heavy atom. The van der Waals surface area contributed by atoms with E-state index in [4.69, 9.17) is 5.73 Å². The Kier molecular flexibility index (Phi) is 6.42. The Balaban J connectivity index is 2.02. The van der Waals surface area contributed by atoms with Crippen molar-refractivity contribution in [1.29, 1.82) is 0 Å². The minimum Gasteiger partial charge on any atom is -0.508 e. The Morgan fingerprint density at radius 1 is 1.18 bits per heavy atom. The standard InChI is InChI=1S/C23H23F3N2O10S/c1-7-8-5-4-6-9(38-39(36,37)23(24,25)26)11(8)16(29)12-10(7)17(30)14-15(28(2)3)18(31)13(21(27)34)20(33)22(14,35)19(12)32/h4-7,10,14-15,17,29-30,33,35H,1-3H3,(H2,27,34)/t7?,10?,14?,15?,17?,22-/m0/s1. The summed E-state index contributed by atoms with van der Waals surface area (Å²) in [6, 6.07) is 1.65. The molecule has 3 aliphatic carbocycles. The number of carbonyl (C=O) groups excluding carboxylic acids is 3. The molecule has 0 bridgehead atoms. The number of amides is 1. The summed E-state index contributed by atoms with van der Waals surface area (Å²) in [5.74, 6) is -11.9. The highest BCUT2D eigenvalue weighted by Crippen LogP contribution is 2.56. The SMILES string of the molecule is CC1c2cccc(OS(=O)(=O)C(F)(F)F)c2C(O)=C2C(=O)[C@]3(O)C(O)=C(C(N)=O)C(=O)C(N(C)C)C3C(O)C21. The van der Waals surface area contributed by atoms with Crippen LogP contribution in [0.25, 0.3) is 5.76 Å². The molecular weight excluding hydrogens is 553 g/mol. The van der Waals surface area contributed by atoms with Gasteiger partial charge in [0.05, 0.1) is 23.6 Å². The minimum atomic E-state index is -6.22. The largest absolute Gasteiger partial charge is 0.534 e. The quantitative estimate of drug-likeness (QED) is 0.184. The second kappa shape index (κ2) is 8.77. The maximum absolute atomic E-state index is 13.8. The minimum absolute atomic E-state index is 0.0189. The first-order valence-corrected chi connectivity index (χ1v) is 12.7. The molecule has 39 heavy (non-hydrogen) atoms. The molecule has 3 aliphatic rings. The van der Waals surface area contributed by atoms with Gasteiger partial charge in [-0.2, -0.15) is 21.6 Å². The summed E-state index contributed by atoms with van der Waals surface area (Å²) >= 11 is 0. The van der Waals surface area contributed by atoms with Gasteiger partial charge in [-0.3, -0.25) is 19.3 Å². The van der Waals surface area contributed by atoms with Crippen LogP contribution in [0.5, 0.6) is 5.75 Å². The number of benzene rings is 1. The molecule has 1 aromatic carbocycles. The van der Waals surface area contributed by atoms with E-state index in [0.29, 0.717) is 0 Å². The molecule has 6 atom stereocenters. The molecule has 6 N–H and O–H groups in total. The van der Waals surface area contributed by atoms with Crippen molar-refractivity contribution in [3.05, 3.63) is 46.2 Å². The van der Waals surface area contributed by atoms with Crippen molar-refractivity contribution in [3.63, 3.8) is 0 Å². The molecule has 0 radical (unpaired) electrons. The predicted octanol–water partition coefficient (Wildman–Crippen LogP) is 0.0186. The van der Waals surface area contributed by atoms with Crippen molar-refractivity contribution in [2.45, 2.75) is 36.1 Å². The van der Waals surface area contributed by atoms with Crippen molar-refractivity contribution in [3.8, 4) is 5.75 Å². The molecule has 0 saturated heterocycles. The molecule has 5 unspecified atom stereocenters. The van der Waals surface area contributed by atoms with Crippen LogP contribution in [0.1, 0.15) is 24.0 Å². The average Bonchev–Trinajstić information content (AvgIpc) is 2.80. The normalized spacial score (nSPS) is 31.2. The number of aliphatic hydroxyl groups is 4. The van der Waals surface area contributed by atoms with Crippen molar-refractivity contribution in [2.75, 3.05) is 14.1 Å². The Labute approximate surface area is 218 Å². The maximum Gasteiger partial charge on any atom is 0.534 e. The van der Waals surface area contributed by atoms with Crippen molar-refractivity contribution >= 4 is 33.4 Å². The highest BCUT2D eigenvalue weighted by molar-refractivity contribution is 7.88. The number of likely N-dealkylation sites (N-methyl/N-ethyl adjacent to an activating group) is 1. The van der Waals surface area contributed by atoms with Crippen molar-refractivity contribution in [1.82, 2.24) is 4.90 Å². The Hall–Kier alpha value is -3.47. The van der Waals surface area contributed by atoms with Crippen LogP contribution in [-0.2, 0) is 24.5 Å². The molecule has 1 amide bonds. The second-order valence-corrected chi connectivity index (χ2v) is 11.3. The molecule has 1 fully saturated rings. The number of primary amides is 1. The van der Waals surface area contributed by atoms with Crippen LogP contribution < -0.4 is 9.92 Å². The number of Topliss-reactive ketones (excluding diaryl/α,β-unsaturated/α-hetero) is 2. The van der Waals surface area contributed by atoms with E-state index in [9.17, 15) is 56.4 Å². The average molecular weight is 577 g/mol. The van der Waals surface area contributed by atoms with E-state index in [2.05, 4.69) is 4.18 Å². The lowest BCUT2D eigenvalue weighted by molar-refractivity contribution is -0.169. The molecular formula is C23H23F3N2O10S. The highest BCUT2D eigenvalue weighted by Gasteiger charge is 2.68. The van der Waals surface area contributed by atoms with Crippen LogP contribution >= 0.6 is 0 Å². The van der Waals surface area contributed by atoms with Crippen LogP contribution in [-0.4, -0.2) is 88.6 Å². The topological polar surface area (TPSA) is 205 Å². The Bertz CT molecular complexity index is 1480. The smallest absolute Gasteiger partial charge is 0.508 e. The number of fused-ring (bicyclic) bond motifs is 3. The number of ketones is 2. The molecule has 212 valence electrons. The summed E-state index contributed by atoms with van der Waals surface area (Å²) in [6.07, 6.45) is -1.87. The van der Waals surface area contributed by atoms with E-state index in [1.165, 1.54) is 32.0 Å². The second-order valence-electron chi connectivity index (χ2n) is 9.75. The third-order valence-electron chi connectivity index (χ3n) is 7.46. The van der Waals surface area contributed by atoms with E-state index in [0.717, 1.165) is 12.1 Å². The lowest BCUT2D eigenvalue weighted by atomic mass is 9.54. The number of rotatable bonds is 4. The number of nitrogens with two attached hydrogens (primary N) is 1. The summed E-state index contributed by atoms with van der Waals surface area (Å²) in [5, 5.41) is 45.0. The third-order valence-corrected chi connectivity index (χ3v) is 8.43. The summed E-state index contributed by atoms with van der Waals surface area (Å²) in [5.41, 5.74) is -6.36. The number of nitrogens with zero attached hydrogens (tertiary/aromatic N) is 1.